The molecule has 0 aromatic rings. The molecule has 3 saturated heterocycles. The number of amides is 1. The minimum absolute atomic E-state index is 0.0268. The number of hydrogen-bond acceptors (Lipinski definition) is 4. The van der Waals surface area contributed by atoms with Gasteiger partial charge in [-0.3, -0.25) is 4.79 Å². The van der Waals surface area contributed by atoms with E-state index in [1.165, 1.54) is 10.6 Å². The zero-order valence-corrected chi connectivity index (χ0v) is 12.6. The van der Waals surface area contributed by atoms with Crippen LogP contribution in [-0.4, -0.2) is 68.2 Å². The van der Waals surface area contributed by atoms with Crippen molar-refractivity contribution in [1.29, 1.82) is 0 Å². The van der Waals surface area contributed by atoms with Crippen LogP contribution in [0.25, 0.3) is 0 Å². The Labute approximate surface area is 120 Å². The van der Waals surface area contributed by atoms with Crippen molar-refractivity contribution in [2.45, 2.75) is 37.9 Å². The van der Waals surface area contributed by atoms with Gasteiger partial charge in [-0.1, -0.05) is 0 Å². The van der Waals surface area contributed by atoms with Gasteiger partial charge in [-0.15, -0.1) is 0 Å². The molecular weight excluding hydrogens is 280 g/mol. The number of hydrogen-bond donors (Lipinski definition) is 0. The predicted octanol–water partition coefficient (Wildman–Crippen LogP) is 0.0478. The van der Waals surface area contributed by atoms with Gasteiger partial charge < -0.3 is 9.64 Å². The fourth-order valence-corrected chi connectivity index (χ4v) is 4.40. The zero-order chi connectivity index (χ0) is 14.3. The monoisotopic (exact) mass is 302 g/mol. The second-order valence-corrected chi connectivity index (χ2v) is 8.15. The van der Waals surface area contributed by atoms with Crippen molar-refractivity contribution in [1.82, 2.24) is 9.21 Å². The third kappa shape index (κ3) is 2.84. The Kier molecular flexibility index (Phi) is 3.77. The predicted molar refractivity (Wildman–Crippen MR) is 73.6 cm³/mol. The SMILES string of the molecule is CS(=O)(=O)N1C[C@@H]2C[C@@H](CC(=O)N3CCCC3)O[C@@H]2C1. The molecule has 3 aliphatic rings. The van der Waals surface area contributed by atoms with Gasteiger partial charge in [0.15, 0.2) is 0 Å². The topological polar surface area (TPSA) is 66.9 Å². The summed E-state index contributed by atoms with van der Waals surface area (Å²) < 4.78 is 30.4. The van der Waals surface area contributed by atoms with Crippen molar-refractivity contribution < 1.29 is 17.9 Å². The molecule has 114 valence electrons. The normalized spacial score (nSPS) is 34.6. The van der Waals surface area contributed by atoms with Crippen molar-refractivity contribution in [2.24, 2.45) is 5.92 Å². The highest BCUT2D eigenvalue weighted by Gasteiger charge is 2.45. The van der Waals surface area contributed by atoms with E-state index in [0.717, 1.165) is 32.4 Å². The molecule has 3 heterocycles. The third-order valence-electron chi connectivity index (χ3n) is 4.61. The minimum Gasteiger partial charge on any atom is -0.373 e. The number of ether oxygens (including phenoxy) is 1. The highest BCUT2D eigenvalue weighted by atomic mass is 32.2. The molecule has 3 aliphatic heterocycles. The largest absolute Gasteiger partial charge is 0.373 e. The van der Waals surface area contributed by atoms with E-state index in [2.05, 4.69) is 0 Å². The van der Waals surface area contributed by atoms with Crippen LogP contribution in [0.15, 0.2) is 0 Å². The summed E-state index contributed by atoms with van der Waals surface area (Å²) in [6.45, 7) is 2.73. The Morgan fingerprint density at radius 2 is 1.95 bits per heavy atom. The smallest absolute Gasteiger partial charge is 0.225 e. The Balaban J connectivity index is 1.51. The maximum Gasteiger partial charge on any atom is 0.225 e. The van der Waals surface area contributed by atoms with E-state index in [1.807, 2.05) is 4.90 Å². The summed E-state index contributed by atoms with van der Waals surface area (Å²) in [5.41, 5.74) is 0. The van der Waals surface area contributed by atoms with Crippen molar-refractivity contribution in [3.63, 3.8) is 0 Å². The van der Waals surface area contributed by atoms with Gasteiger partial charge in [0.1, 0.15) is 0 Å². The van der Waals surface area contributed by atoms with E-state index in [-0.39, 0.29) is 24.0 Å². The van der Waals surface area contributed by atoms with Gasteiger partial charge in [0.05, 0.1) is 24.9 Å². The standard InChI is InChI=1S/C13H22N2O4S/c1-20(17,18)15-8-10-6-11(19-12(10)9-15)7-13(16)14-4-2-3-5-14/h10-12H,2-9H2,1H3/t10-,11-,12+/m0/s1. The van der Waals surface area contributed by atoms with Gasteiger partial charge in [-0.25, -0.2) is 8.42 Å². The first-order valence-electron chi connectivity index (χ1n) is 7.32. The first-order chi connectivity index (χ1) is 9.43. The van der Waals surface area contributed by atoms with Crippen LogP contribution < -0.4 is 0 Å². The van der Waals surface area contributed by atoms with E-state index in [0.29, 0.717) is 19.5 Å². The molecule has 6 nitrogen and oxygen atoms in total. The fourth-order valence-electron chi connectivity index (χ4n) is 3.52. The lowest BCUT2D eigenvalue weighted by Gasteiger charge is -2.20. The maximum atomic E-state index is 12.1. The van der Waals surface area contributed by atoms with Gasteiger partial charge in [0.25, 0.3) is 0 Å². The molecule has 3 fully saturated rings. The van der Waals surface area contributed by atoms with Crippen LogP contribution in [0.3, 0.4) is 0 Å². The van der Waals surface area contributed by atoms with Gasteiger partial charge >= 0.3 is 0 Å². The quantitative estimate of drug-likeness (QED) is 0.739. The maximum absolute atomic E-state index is 12.1. The number of likely N-dealkylation sites (tertiary alicyclic amines) is 1. The minimum atomic E-state index is -3.12. The number of carbonyl (C=O) groups excluding carboxylic acids is 1. The van der Waals surface area contributed by atoms with E-state index in [4.69, 9.17) is 4.74 Å². The fraction of sp³-hybridized carbons (Fsp3) is 0.923. The van der Waals surface area contributed by atoms with E-state index >= 15 is 0 Å². The lowest BCUT2D eigenvalue weighted by molar-refractivity contribution is -0.132. The Morgan fingerprint density at radius 3 is 2.55 bits per heavy atom. The molecule has 0 spiro atoms. The lowest BCUT2D eigenvalue weighted by Crippen LogP contribution is -2.33. The summed E-state index contributed by atoms with van der Waals surface area (Å²) in [4.78, 5) is 14.0. The number of rotatable bonds is 3. The molecule has 0 unspecified atom stereocenters. The number of fused-ring (bicyclic) bond motifs is 1. The molecule has 1 amide bonds. The molecule has 0 bridgehead atoms. The summed E-state index contributed by atoms with van der Waals surface area (Å²) in [5, 5.41) is 0. The van der Waals surface area contributed by atoms with Crippen LogP contribution in [0.1, 0.15) is 25.7 Å². The van der Waals surface area contributed by atoms with Crippen LogP contribution in [-0.2, 0) is 19.6 Å². The Morgan fingerprint density at radius 1 is 1.25 bits per heavy atom. The lowest BCUT2D eigenvalue weighted by atomic mass is 10.0. The second-order valence-electron chi connectivity index (χ2n) is 6.16. The molecule has 3 rings (SSSR count). The van der Waals surface area contributed by atoms with Crippen LogP contribution in [0, 0.1) is 5.92 Å². The molecule has 0 aliphatic carbocycles. The van der Waals surface area contributed by atoms with Crippen LogP contribution in [0.4, 0.5) is 0 Å². The Bertz CT molecular complexity index is 473. The average molecular weight is 302 g/mol. The molecule has 3 atom stereocenters. The van der Waals surface area contributed by atoms with Crippen molar-refractivity contribution in [3.8, 4) is 0 Å². The van der Waals surface area contributed by atoms with Gasteiger partial charge in [0.2, 0.25) is 15.9 Å². The highest BCUT2D eigenvalue weighted by Crippen LogP contribution is 2.35. The average Bonchev–Trinajstić information content (AvgIpc) is 3.01. The molecule has 0 aromatic heterocycles. The van der Waals surface area contributed by atoms with Crippen molar-refractivity contribution in [2.75, 3.05) is 32.4 Å². The summed E-state index contributed by atoms with van der Waals surface area (Å²) >= 11 is 0. The number of sulfonamides is 1. The zero-order valence-electron chi connectivity index (χ0n) is 11.8. The van der Waals surface area contributed by atoms with Crippen molar-refractivity contribution >= 4 is 15.9 Å². The van der Waals surface area contributed by atoms with Crippen LogP contribution in [0.5, 0.6) is 0 Å². The first kappa shape index (κ1) is 14.3. The van der Waals surface area contributed by atoms with Gasteiger partial charge in [-0.05, 0) is 19.3 Å². The first-order valence-corrected chi connectivity index (χ1v) is 9.16. The van der Waals surface area contributed by atoms with Gasteiger partial charge in [-0.2, -0.15) is 4.31 Å². The van der Waals surface area contributed by atoms with E-state index in [9.17, 15) is 13.2 Å². The number of nitrogens with zero attached hydrogens (tertiary/aromatic N) is 2. The second kappa shape index (κ2) is 5.27. The highest BCUT2D eigenvalue weighted by molar-refractivity contribution is 7.88. The summed E-state index contributed by atoms with van der Waals surface area (Å²) in [6, 6.07) is 0. The summed E-state index contributed by atoms with van der Waals surface area (Å²) in [6.07, 6.45) is 4.64. The molecular formula is C13H22N2O4S. The number of carbonyl (C=O) groups is 1. The van der Waals surface area contributed by atoms with E-state index < -0.39 is 10.0 Å². The molecule has 0 saturated carbocycles. The van der Waals surface area contributed by atoms with Crippen LogP contribution >= 0.6 is 0 Å². The van der Waals surface area contributed by atoms with Crippen molar-refractivity contribution in [3.05, 3.63) is 0 Å². The summed E-state index contributed by atoms with van der Waals surface area (Å²) in [7, 11) is -3.12. The van der Waals surface area contributed by atoms with E-state index in [1.54, 1.807) is 0 Å². The molecule has 7 heteroatoms. The molecule has 0 radical (unpaired) electrons. The van der Waals surface area contributed by atoms with Gasteiger partial charge in [0, 0.05) is 32.1 Å². The van der Waals surface area contributed by atoms with Crippen LogP contribution in [0.2, 0.25) is 0 Å². The third-order valence-corrected chi connectivity index (χ3v) is 5.85. The molecule has 0 aromatic carbocycles. The Hall–Kier alpha value is -0.660. The summed E-state index contributed by atoms with van der Waals surface area (Å²) in [5.74, 6) is 0.438. The molecule has 20 heavy (non-hydrogen) atoms. The molecule has 0 N–H and O–H groups in total.